The van der Waals surface area contributed by atoms with Gasteiger partial charge in [-0.15, -0.1) is 0 Å². The number of aromatic nitrogens is 1. The molecule has 1 atom stereocenters. The van der Waals surface area contributed by atoms with Gasteiger partial charge < -0.3 is 20.9 Å². The Hall–Kier alpha value is -3.28. The summed E-state index contributed by atoms with van der Waals surface area (Å²) in [5.74, 6) is 0.124. The van der Waals surface area contributed by atoms with Crippen LogP contribution in [0.15, 0.2) is 60.8 Å². The predicted octanol–water partition coefficient (Wildman–Crippen LogP) is 3.35. The molecule has 2 aromatic carbocycles. The Balaban J connectivity index is 1.71. The molecule has 0 bridgehead atoms. The van der Waals surface area contributed by atoms with E-state index < -0.39 is 6.04 Å². The molecule has 0 aliphatic carbocycles. The van der Waals surface area contributed by atoms with Crippen molar-refractivity contribution in [3.63, 3.8) is 0 Å². The molecule has 6 nitrogen and oxygen atoms in total. The number of hydrogen-bond acceptors (Lipinski definition) is 2. The highest BCUT2D eigenvalue weighted by molar-refractivity contribution is 5.89. The Kier molecular flexibility index (Phi) is 6.89. The van der Waals surface area contributed by atoms with E-state index >= 15 is 0 Å². The number of aromatic amines is 1. The Labute approximate surface area is 171 Å². The van der Waals surface area contributed by atoms with Crippen molar-refractivity contribution in [2.75, 3.05) is 6.54 Å². The molecule has 1 heterocycles. The minimum Gasteiger partial charge on any atom is -0.361 e. The van der Waals surface area contributed by atoms with Crippen LogP contribution in [-0.4, -0.2) is 29.5 Å². The molecular weight excluding hydrogens is 364 g/mol. The van der Waals surface area contributed by atoms with Crippen LogP contribution in [0, 0.1) is 5.92 Å². The quantitative estimate of drug-likeness (QED) is 0.474. The second kappa shape index (κ2) is 9.78. The third-order valence-corrected chi connectivity index (χ3v) is 4.70. The molecule has 1 aromatic heterocycles. The minimum absolute atomic E-state index is 0.209. The van der Waals surface area contributed by atoms with Crippen LogP contribution in [0.2, 0.25) is 0 Å². The van der Waals surface area contributed by atoms with Crippen molar-refractivity contribution in [1.29, 1.82) is 0 Å². The van der Waals surface area contributed by atoms with Gasteiger partial charge in [-0.3, -0.25) is 4.79 Å². The minimum atomic E-state index is -0.676. The molecule has 1 unspecified atom stereocenters. The fourth-order valence-electron chi connectivity index (χ4n) is 3.14. The summed E-state index contributed by atoms with van der Waals surface area (Å²) < 4.78 is 0. The molecule has 3 aromatic rings. The zero-order chi connectivity index (χ0) is 20.6. The molecule has 0 aliphatic rings. The molecule has 0 saturated carbocycles. The monoisotopic (exact) mass is 392 g/mol. The van der Waals surface area contributed by atoms with Gasteiger partial charge in [0.05, 0.1) is 0 Å². The van der Waals surface area contributed by atoms with E-state index in [-0.39, 0.29) is 11.9 Å². The lowest BCUT2D eigenvalue weighted by Crippen LogP contribution is -2.51. The number of H-pyrrole nitrogens is 1. The number of benzene rings is 2. The first-order chi connectivity index (χ1) is 14.0. The van der Waals surface area contributed by atoms with Crippen molar-refractivity contribution in [2.45, 2.75) is 32.9 Å². The molecule has 152 valence electrons. The van der Waals surface area contributed by atoms with E-state index in [9.17, 15) is 9.59 Å². The molecule has 3 rings (SSSR count). The lowest BCUT2D eigenvalue weighted by molar-refractivity contribution is -0.123. The van der Waals surface area contributed by atoms with E-state index in [0.717, 1.165) is 22.0 Å². The third-order valence-electron chi connectivity index (χ3n) is 4.70. The van der Waals surface area contributed by atoms with Crippen LogP contribution in [0.1, 0.15) is 25.0 Å². The van der Waals surface area contributed by atoms with Crippen LogP contribution < -0.4 is 16.0 Å². The van der Waals surface area contributed by atoms with Crippen LogP contribution >= 0.6 is 0 Å². The van der Waals surface area contributed by atoms with Gasteiger partial charge in [-0.2, -0.15) is 0 Å². The smallest absolute Gasteiger partial charge is 0.315 e. The zero-order valence-corrected chi connectivity index (χ0v) is 16.9. The van der Waals surface area contributed by atoms with Crippen molar-refractivity contribution in [1.82, 2.24) is 20.9 Å². The number of carbonyl (C=O) groups excluding carboxylic acids is 2. The Morgan fingerprint density at radius 2 is 1.69 bits per heavy atom. The first kappa shape index (κ1) is 20.5. The molecule has 0 spiro atoms. The molecule has 0 aliphatic heterocycles. The number of hydrogen-bond donors (Lipinski definition) is 4. The fourth-order valence-corrected chi connectivity index (χ4v) is 3.14. The number of carbonyl (C=O) groups is 2. The molecule has 0 fully saturated rings. The summed E-state index contributed by atoms with van der Waals surface area (Å²) in [5.41, 5.74) is 3.01. The molecule has 29 heavy (non-hydrogen) atoms. The maximum Gasteiger partial charge on any atom is 0.315 e. The van der Waals surface area contributed by atoms with Gasteiger partial charge in [0.2, 0.25) is 5.91 Å². The molecule has 6 heteroatoms. The van der Waals surface area contributed by atoms with Crippen molar-refractivity contribution >= 4 is 22.8 Å². The molecule has 0 saturated heterocycles. The van der Waals surface area contributed by atoms with Gasteiger partial charge in [-0.25, -0.2) is 4.79 Å². The van der Waals surface area contributed by atoms with Gasteiger partial charge in [-0.1, -0.05) is 62.4 Å². The summed E-state index contributed by atoms with van der Waals surface area (Å²) in [6, 6.07) is 16.6. The van der Waals surface area contributed by atoms with Gasteiger partial charge in [0, 0.05) is 36.6 Å². The predicted molar refractivity (Wildman–Crippen MR) is 115 cm³/mol. The Bertz CT molecular complexity index is 950. The van der Waals surface area contributed by atoms with Gasteiger partial charge in [0.15, 0.2) is 0 Å². The van der Waals surface area contributed by atoms with Crippen LogP contribution in [-0.2, 0) is 17.8 Å². The average molecular weight is 393 g/mol. The molecular formula is C23H28N4O2. The Morgan fingerprint density at radius 3 is 2.45 bits per heavy atom. The normalized spacial score (nSPS) is 12.0. The number of amides is 3. The maximum absolute atomic E-state index is 12.9. The van der Waals surface area contributed by atoms with E-state index in [4.69, 9.17) is 0 Å². The average Bonchev–Trinajstić information content (AvgIpc) is 3.14. The van der Waals surface area contributed by atoms with Gasteiger partial charge in [-0.05, 0) is 23.1 Å². The zero-order valence-electron chi connectivity index (χ0n) is 16.9. The van der Waals surface area contributed by atoms with Crippen LogP contribution in [0.3, 0.4) is 0 Å². The highest BCUT2D eigenvalue weighted by Crippen LogP contribution is 2.19. The van der Waals surface area contributed by atoms with Crippen molar-refractivity contribution < 1.29 is 9.59 Å². The topological polar surface area (TPSA) is 86.0 Å². The number of nitrogens with one attached hydrogen (secondary N) is 4. The van der Waals surface area contributed by atoms with E-state index in [2.05, 4.69) is 20.9 Å². The van der Waals surface area contributed by atoms with Gasteiger partial charge in [0.1, 0.15) is 6.04 Å². The van der Waals surface area contributed by atoms with Crippen molar-refractivity contribution in [2.24, 2.45) is 5.92 Å². The van der Waals surface area contributed by atoms with Gasteiger partial charge in [0.25, 0.3) is 0 Å². The standard InChI is InChI=1S/C23H28N4O2/c1-16(2)13-26-23(29)27-21(22(28)25-14-17-8-4-3-5-9-17)12-18-15-24-20-11-7-6-10-19(18)20/h3-11,15-16,21,24H,12-14H2,1-2H3,(H,25,28)(H2,26,27,29). The lowest BCUT2D eigenvalue weighted by Gasteiger charge is -2.19. The number of para-hydroxylation sites is 1. The van der Waals surface area contributed by atoms with E-state index in [1.807, 2.05) is 74.6 Å². The highest BCUT2D eigenvalue weighted by Gasteiger charge is 2.22. The van der Waals surface area contributed by atoms with Gasteiger partial charge >= 0.3 is 6.03 Å². The summed E-state index contributed by atoms with van der Waals surface area (Å²) in [7, 11) is 0. The highest BCUT2D eigenvalue weighted by atomic mass is 16.2. The molecule has 3 amide bonds. The SMILES string of the molecule is CC(C)CNC(=O)NC(Cc1c[nH]c2ccccc12)C(=O)NCc1ccccc1. The summed E-state index contributed by atoms with van der Waals surface area (Å²) in [4.78, 5) is 28.4. The third kappa shape index (κ3) is 5.85. The first-order valence-electron chi connectivity index (χ1n) is 9.94. The second-order valence-corrected chi connectivity index (χ2v) is 7.57. The van der Waals surface area contributed by atoms with Crippen LogP contribution in [0.5, 0.6) is 0 Å². The number of fused-ring (bicyclic) bond motifs is 1. The first-order valence-corrected chi connectivity index (χ1v) is 9.94. The van der Waals surface area contributed by atoms with Crippen LogP contribution in [0.4, 0.5) is 4.79 Å². The second-order valence-electron chi connectivity index (χ2n) is 7.57. The van der Waals surface area contributed by atoms with Crippen LogP contribution in [0.25, 0.3) is 10.9 Å². The number of urea groups is 1. The largest absolute Gasteiger partial charge is 0.361 e. The summed E-state index contributed by atoms with van der Waals surface area (Å²) >= 11 is 0. The maximum atomic E-state index is 12.9. The fraction of sp³-hybridized carbons (Fsp3) is 0.304. The molecule has 0 radical (unpaired) electrons. The summed E-state index contributed by atoms with van der Waals surface area (Å²) in [5, 5.41) is 9.65. The lowest BCUT2D eigenvalue weighted by atomic mass is 10.0. The van der Waals surface area contributed by atoms with Crippen molar-refractivity contribution in [3.8, 4) is 0 Å². The summed E-state index contributed by atoms with van der Waals surface area (Å²) in [6.07, 6.45) is 2.30. The van der Waals surface area contributed by atoms with E-state index in [0.29, 0.717) is 25.4 Å². The number of rotatable bonds is 8. The molecule has 4 N–H and O–H groups in total. The van der Waals surface area contributed by atoms with E-state index in [1.54, 1.807) is 0 Å². The van der Waals surface area contributed by atoms with E-state index in [1.165, 1.54) is 0 Å². The van der Waals surface area contributed by atoms with Crippen molar-refractivity contribution in [3.05, 3.63) is 71.9 Å². The Morgan fingerprint density at radius 1 is 0.966 bits per heavy atom. The summed E-state index contributed by atoms with van der Waals surface area (Å²) in [6.45, 7) is 5.02.